The summed E-state index contributed by atoms with van der Waals surface area (Å²) in [4.78, 5) is 22.6. The van der Waals surface area contributed by atoms with E-state index >= 15 is 0 Å². The van der Waals surface area contributed by atoms with Gasteiger partial charge >= 0.3 is 5.97 Å². The van der Waals surface area contributed by atoms with E-state index in [1.807, 2.05) is 6.08 Å². The number of esters is 1. The second kappa shape index (κ2) is 5.58. The van der Waals surface area contributed by atoms with Crippen LogP contribution in [0.3, 0.4) is 0 Å². The minimum atomic E-state index is -0.361. The summed E-state index contributed by atoms with van der Waals surface area (Å²) in [6, 6.07) is 0. The lowest BCUT2D eigenvalue weighted by molar-refractivity contribution is -0.137. The topological polar surface area (TPSA) is 43.4 Å². The van der Waals surface area contributed by atoms with Gasteiger partial charge in [-0.15, -0.1) is 0 Å². The monoisotopic (exact) mass is 196 g/mol. The maximum Gasteiger partial charge on any atom is 0.333 e. The molecule has 3 heteroatoms. The predicted molar refractivity (Wildman–Crippen MR) is 52.8 cm³/mol. The van der Waals surface area contributed by atoms with Crippen molar-refractivity contribution in [1.82, 2.24) is 0 Å². The summed E-state index contributed by atoms with van der Waals surface area (Å²) >= 11 is 0. The third kappa shape index (κ3) is 3.32. The van der Waals surface area contributed by atoms with E-state index in [1.165, 1.54) is 7.11 Å². The van der Waals surface area contributed by atoms with Crippen LogP contribution in [0.1, 0.15) is 38.5 Å². The van der Waals surface area contributed by atoms with Crippen LogP contribution in [0.15, 0.2) is 11.6 Å². The summed E-state index contributed by atoms with van der Waals surface area (Å²) in [6.45, 7) is 0. The number of hydrogen-bond acceptors (Lipinski definition) is 3. The molecule has 0 radical (unpaired) electrons. The molecule has 0 aromatic rings. The van der Waals surface area contributed by atoms with Crippen molar-refractivity contribution in [2.75, 3.05) is 7.11 Å². The average Bonchev–Trinajstić information content (AvgIpc) is 2.29. The fourth-order valence-electron chi connectivity index (χ4n) is 1.58. The zero-order valence-electron chi connectivity index (χ0n) is 8.54. The smallest absolute Gasteiger partial charge is 0.333 e. The average molecular weight is 196 g/mol. The van der Waals surface area contributed by atoms with Crippen LogP contribution < -0.4 is 0 Å². The SMILES string of the molecule is COC(=O)C1=CCCCCCC(=O)C1. The van der Waals surface area contributed by atoms with Gasteiger partial charge in [0.05, 0.1) is 7.11 Å². The summed E-state index contributed by atoms with van der Waals surface area (Å²) in [6.07, 6.45) is 6.61. The van der Waals surface area contributed by atoms with Gasteiger partial charge in [-0.05, 0) is 19.3 Å². The molecule has 1 aliphatic carbocycles. The van der Waals surface area contributed by atoms with Gasteiger partial charge in [-0.2, -0.15) is 0 Å². The molecule has 0 saturated heterocycles. The van der Waals surface area contributed by atoms with Crippen molar-refractivity contribution in [3.8, 4) is 0 Å². The van der Waals surface area contributed by atoms with E-state index in [-0.39, 0.29) is 18.2 Å². The molecule has 0 saturated carbocycles. The molecule has 0 fully saturated rings. The zero-order valence-corrected chi connectivity index (χ0v) is 8.54. The van der Waals surface area contributed by atoms with Crippen molar-refractivity contribution in [3.63, 3.8) is 0 Å². The highest BCUT2D eigenvalue weighted by Gasteiger charge is 2.14. The van der Waals surface area contributed by atoms with E-state index in [4.69, 9.17) is 0 Å². The highest BCUT2D eigenvalue weighted by atomic mass is 16.5. The number of Topliss-reactive ketones (excluding diaryl/α,β-unsaturated/α-hetero) is 1. The van der Waals surface area contributed by atoms with Crippen LogP contribution in [-0.4, -0.2) is 18.9 Å². The maximum absolute atomic E-state index is 11.4. The van der Waals surface area contributed by atoms with Gasteiger partial charge in [-0.3, -0.25) is 4.79 Å². The van der Waals surface area contributed by atoms with Crippen molar-refractivity contribution in [1.29, 1.82) is 0 Å². The van der Waals surface area contributed by atoms with Gasteiger partial charge < -0.3 is 4.74 Å². The normalized spacial score (nSPS) is 18.9. The van der Waals surface area contributed by atoms with Crippen LogP contribution >= 0.6 is 0 Å². The van der Waals surface area contributed by atoms with Crippen molar-refractivity contribution < 1.29 is 14.3 Å². The largest absolute Gasteiger partial charge is 0.466 e. The van der Waals surface area contributed by atoms with Crippen molar-refractivity contribution in [2.24, 2.45) is 0 Å². The van der Waals surface area contributed by atoms with E-state index in [0.717, 1.165) is 25.7 Å². The molecule has 0 heterocycles. The molecule has 0 atom stereocenters. The molecule has 0 bridgehead atoms. The molecule has 14 heavy (non-hydrogen) atoms. The summed E-state index contributed by atoms with van der Waals surface area (Å²) in [5, 5.41) is 0. The number of carbonyl (C=O) groups is 2. The number of ether oxygens (including phenoxy) is 1. The quantitative estimate of drug-likeness (QED) is 0.602. The van der Waals surface area contributed by atoms with Gasteiger partial charge in [0.15, 0.2) is 0 Å². The molecule has 0 unspecified atom stereocenters. The molecule has 1 rings (SSSR count). The minimum absolute atomic E-state index is 0.142. The summed E-state index contributed by atoms with van der Waals surface area (Å²) in [5.41, 5.74) is 0.527. The van der Waals surface area contributed by atoms with Gasteiger partial charge in [0.25, 0.3) is 0 Å². The first-order chi connectivity index (χ1) is 6.74. The van der Waals surface area contributed by atoms with Gasteiger partial charge in [0.2, 0.25) is 0 Å². The summed E-state index contributed by atoms with van der Waals surface area (Å²) in [5.74, 6) is -0.219. The van der Waals surface area contributed by atoms with Crippen molar-refractivity contribution in [2.45, 2.75) is 38.5 Å². The third-order valence-electron chi connectivity index (χ3n) is 2.39. The first kappa shape index (κ1) is 11.0. The van der Waals surface area contributed by atoms with Gasteiger partial charge in [0.1, 0.15) is 5.78 Å². The first-order valence-electron chi connectivity index (χ1n) is 5.03. The number of carbonyl (C=O) groups excluding carboxylic acids is 2. The lowest BCUT2D eigenvalue weighted by Crippen LogP contribution is -2.09. The second-order valence-corrected chi connectivity index (χ2v) is 3.54. The Morgan fingerprint density at radius 2 is 2.14 bits per heavy atom. The molecule has 0 N–H and O–H groups in total. The summed E-state index contributed by atoms with van der Waals surface area (Å²) < 4.78 is 4.62. The van der Waals surface area contributed by atoms with Gasteiger partial charge in [-0.1, -0.05) is 12.5 Å². The van der Waals surface area contributed by atoms with Gasteiger partial charge in [-0.25, -0.2) is 4.79 Å². The number of hydrogen-bond donors (Lipinski definition) is 0. The van der Waals surface area contributed by atoms with E-state index in [2.05, 4.69) is 4.74 Å². The van der Waals surface area contributed by atoms with E-state index in [9.17, 15) is 9.59 Å². The van der Waals surface area contributed by atoms with Crippen LogP contribution in [0.4, 0.5) is 0 Å². The highest BCUT2D eigenvalue weighted by molar-refractivity contribution is 5.95. The predicted octanol–water partition coefficient (Wildman–Crippen LogP) is 2.01. The number of rotatable bonds is 1. The molecule has 0 aromatic carbocycles. The molecule has 0 amide bonds. The fraction of sp³-hybridized carbons (Fsp3) is 0.636. The molecule has 0 spiro atoms. The highest BCUT2D eigenvalue weighted by Crippen LogP contribution is 2.15. The second-order valence-electron chi connectivity index (χ2n) is 3.54. The molecule has 78 valence electrons. The number of methoxy groups -OCH3 is 1. The lowest BCUT2D eigenvalue weighted by atomic mass is 10.1. The Bertz CT molecular complexity index is 253. The molecule has 0 aliphatic heterocycles. The number of allylic oxidation sites excluding steroid dienone is 1. The van der Waals surface area contributed by atoms with E-state index in [1.54, 1.807) is 0 Å². The zero-order chi connectivity index (χ0) is 10.4. The van der Waals surface area contributed by atoms with Gasteiger partial charge in [0, 0.05) is 18.4 Å². The third-order valence-corrected chi connectivity index (χ3v) is 2.39. The molecule has 3 nitrogen and oxygen atoms in total. The first-order valence-corrected chi connectivity index (χ1v) is 5.03. The van der Waals surface area contributed by atoms with Crippen LogP contribution in [0.25, 0.3) is 0 Å². The Kier molecular flexibility index (Phi) is 4.36. The molecule has 0 aromatic heterocycles. The maximum atomic E-state index is 11.4. The minimum Gasteiger partial charge on any atom is -0.466 e. The van der Waals surface area contributed by atoms with Crippen LogP contribution in [-0.2, 0) is 14.3 Å². The van der Waals surface area contributed by atoms with E-state index in [0.29, 0.717) is 12.0 Å². The number of ketones is 1. The molecular formula is C11H16O3. The standard InChI is InChI=1S/C11H16O3/c1-14-11(13)9-6-4-2-3-5-7-10(12)8-9/h6H,2-5,7-8H2,1H3. The lowest BCUT2D eigenvalue weighted by Gasteiger charge is -2.02. The Labute approximate surface area is 84.1 Å². The van der Waals surface area contributed by atoms with Crippen LogP contribution in [0, 0.1) is 0 Å². The van der Waals surface area contributed by atoms with E-state index < -0.39 is 0 Å². The molecular weight excluding hydrogens is 180 g/mol. The Morgan fingerprint density at radius 3 is 2.86 bits per heavy atom. The van der Waals surface area contributed by atoms with Crippen molar-refractivity contribution >= 4 is 11.8 Å². The molecule has 1 aliphatic rings. The van der Waals surface area contributed by atoms with Crippen LogP contribution in [0.2, 0.25) is 0 Å². The fourth-order valence-corrected chi connectivity index (χ4v) is 1.58. The van der Waals surface area contributed by atoms with Crippen LogP contribution in [0.5, 0.6) is 0 Å². The van der Waals surface area contributed by atoms with Crippen molar-refractivity contribution in [3.05, 3.63) is 11.6 Å². The Hall–Kier alpha value is -1.12. The Balaban J connectivity index is 2.67. The summed E-state index contributed by atoms with van der Waals surface area (Å²) in [7, 11) is 1.35. The Morgan fingerprint density at radius 1 is 1.36 bits per heavy atom.